The zero-order valence-electron chi connectivity index (χ0n) is 12.3. The lowest BCUT2D eigenvalue weighted by atomic mass is 9.58. The Morgan fingerprint density at radius 3 is 2.21 bits per heavy atom. The summed E-state index contributed by atoms with van der Waals surface area (Å²) in [5, 5.41) is 0.763. The summed E-state index contributed by atoms with van der Waals surface area (Å²) in [6, 6.07) is 8.01. The molecule has 1 aromatic rings. The zero-order valence-corrected chi connectivity index (χ0v) is 13.1. The van der Waals surface area contributed by atoms with Crippen LogP contribution >= 0.6 is 11.6 Å². The minimum Gasteiger partial charge on any atom is -0.303 e. The second kappa shape index (κ2) is 4.63. The second-order valence-corrected chi connectivity index (χ2v) is 7.50. The standard InChI is InChI=1S/C17H23ClO/c1-15(2)9-10-16(3,17(15,4)12-19)11-13-5-7-14(18)8-6-13/h5-8,12H,9-11H2,1-4H3/t16-,17-/m0/s1. The highest BCUT2D eigenvalue weighted by molar-refractivity contribution is 6.30. The Morgan fingerprint density at radius 1 is 1.11 bits per heavy atom. The number of rotatable bonds is 3. The summed E-state index contributed by atoms with van der Waals surface area (Å²) < 4.78 is 0. The van der Waals surface area contributed by atoms with E-state index in [1.165, 1.54) is 11.8 Å². The van der Waals surface area contributed by atoms with Crippen LogP contribution in [0.2, 0.25) is 5.02 Å². The van der Waals surface area contributed by atoms with E-state index in [-0.39, 0.29) is 16.2 Å². The van der Waals surface area contributed by atoms with Crippen molar-refractivity contribution in [2.24, 2.45) is 16.2 Å². The first kappa shape index (κ1) is 14.6. The van der Waals surface area contributed by atoms with Gasteiger partial charge in [0.05, 0.1) is 0 Å². The van der Waals surface area contributed by atoms with Crippen molar-refractivity contribution in [1.82, 2.24) is 0 Å². The van der Waals surface area contributed by atoms with Crippen LogP contribution in [0.5, 0.6) is 0 Å². The average Bonchev–Trinajstić information content (AvgIpc) is 2.54. The molecule has 0 heterocycles. The Morgan fingerprint density at radius 2 is 1.68 bits per heavy atom. The molecule has 2 atom stereocenters. The van der Waals surface area contributed by atoms with Gasteiger partial charge in [-0.2, -0.15) is 0 Å². The molecule has 0 bridgehead atoms. The SMILES string of the molecule is CC1(C)CC[C@@](C)(Cc2ccc(Cl)cc2)[C@@]1(C)C=O. The normalized spacial score (nSPS) is 33.3. The summed E-state index contributed by atoms with van der Waals surface area (Å²) >= 11 is 5.94. The van der Waals surface area contributed by atoms with E-state index >= 15 is 0 Å². The summed E-state index contributed by atoms with van der Waals surface area (Å²) in [4.78, 5) is 11.8. The van der Waals surface area contributed by atoms with Gasteiger partial charge in [0.25, 0.3) is 0 Å². The summed E-state index contributed by atoms with van der Waals surface area (Å²) in [5.74, 6) is 0. The molecular weight excluding hydrogens is 256 g/mol. The van der Waals surface area contributed by atoms with Crippen LogP contribution in [0.4, 0.5) is 0 Å². The number of aldehydes is 1. The van der Waals surface area contributed by atoms with Gasteiger partial charge < -0.3 is 4.79 Å². The minimum absolute atomic E-state index is 0.0199. The molecule has 2 heteroatoms. The third-order valence-corrected chi connectivity index (χ3v) is 5.96. The highest BCUT2D eigenvalue weighted by Crippen LogP contribution is 2.62. The molecule has 0 saturated heterocycles. The van der Waals surface area contributed by atoms with Gasteiger partial charge in [0.1, 0.15) is 6.29 Å². The lowest BCUT2D eigenvalue weighted by Gasteiger charge is -2.44. The van der Waals surface area contributed by atoms with Gasteiger partial charge in [-0.1, -0.05) is 51.4 Å². The molecule has 0 unspecified atom stereocenters. The van der Waals surface area contributed by atoms with E-state index in [1.54, 1.807) is 0 Å². The molecular formula is C17H23ClO. The van der Waals surface area contributed by atoms with Crippen molar-refractivity contribution in [3.05, 3.63) is 34.9 Å². The fourth-order valence-corrected chi connectivity index (χ4v) is 3.68. The highest BCUT2D eigenvalue weighted by atomic mass is 35.5. The van der Waals surface area contributed by atoms with E-state index in [0.29, 0.717) is 0 Å². The molecule has 0 radical (unpaired) electrons. The molecule has 104 valence electrons. The maximum absolute atomic E-state index is 11.8. The maximum Gasteiger partial charge on any atom is 0.126 e. The monoisotopic (exact) mass is 278 g/mol. The van der Waals surface area contributed by atoms with Crippen LogP contribution in [-0.2, 0) is 11.2 Å². The van der Waals surface area contributed by atoms with Gasteiger partial charge in [-0.15, -0.1) is 0 Å². The molecule has 1 nitrogen and oxygen atoms in total. The van der Waals surface area contributed by atoms with Crippen molar-refractivity contribution < 1.29 is 4.79 Å². The lowest BCUT2D eigenvalue weighted by molar-refractivity contribution is -0.126. The lowest BCUT2D eigenvalue weighted by Crippen LogP contribution is -2.43. The maximum atomic E-state index is 11.8. The largest absolute Gasteiger partial charge is 0.303 e. The van der Waals surface area contributed by atoms with Gasteiger partial charge >= 0.3 is 0 Å². The number of carbonyl (C=O) groups is 1. The molecule has 1 fully saturated rings. The molecule has 0 N–H and O–H groups in total. The summed E-state index contributed by atoms with van der Waals surface area (Å²) in [5.41, 5.74) is 1.07. The third kappa shape index (κ3) is 2.23. The molecule has 2 rings (SSSR count). The highest BCUT2D eigenvalue weighted by Gasteiger charge is 2.58. The van der Waals surface area contributed by atoms with Crippen molar-refractivity contribution in [3.63, 3.8) is 0 Å². The van der Waals surface area contributed by atoms with Gasteiger partial charge in [-0.3, -0.25) is 0 Å². The Labute approximate surface area is 121 Å². The van der Waals surface area contributed by atoms with Gasteiger partial charge in [0, 0.05) is 10.4 Å². The van der Waals surface area contributed by atoms with Crippen molar-refractivity contribution in [2.75, 3.05) is 0 Å². The summed E-state index contributed by atoms with van der Waals surface area (Å²) in [7, 11) is 0. The molecule has 1 saturated carbocycles. The van der Waals surface area contributed by atoms with Crippen molar-refractivity contribution in [2.45, 2.75) is 47.0 Å². The van der Waals surface area contributed by atoms with Crippen LogP contribution in [0, 0.1) is 16.2 Å². The molecule has 0 amide bonds. The van der Waals surface area contributed by atoms with Gasteiger partial charge in [0.2, 0.25) is 0 Å². The van der Waals surface area contributed by atoms with Gasteiger partial charge in [-0.05, 0) is 47.8 Å². The minimum atomic E-state index is -0.278. The smallest absolute Gasteiger partial charge is 0.126 e. The topological polar surface area (TPSA) is 17.1 Å². The van der Waals surface area contributed by atoms with Gasteiger partial charge in [0.15, 0.2) is 0 Å². The number of hydrogen-bond acceptors (Lipinski definition) is 1. The molecule has 0 spiro atoms. The molecule has 0 aliphatic heterocycles. The molecule has 0 aromatic heterocycles. The Kier molecular flexibility index (Phi) is 3.55. The first-order valence-electron chi connectivity index (χ1n) is 6.95. The molecule has 1 aromatic carbocycles. The quantitative estimate of drug-likeness (QED) is 0.718. The first-order chi connectivity index (χ1) is 8.74. The predicted molar refractivity (Wildman–Crippen MR) is 80.4 cm³/mol. The van der Waals surface area contributed by atoms with Gasteiger partial charge in [-0.25, -0.2) is 0 Å². The van der Waals surface area contributed by atoms with E-state index in [9.17, 15) is 4.79 Å². The number of hydrogen-bond donors (Lipinski definition) is 0. The molecule has 1 aliphatic carbocycles. The van der Waals surface area contributed by atoms with Crippen LogP contribution < -0.4 is 0 Å². The Bertz CT molecular complexity index is 477. The summed E-state index contributed by atoms with van der Waals surface area (Å²) in [6.07, 6.45) is 4.32. The Hall–Kier alpha value is -0.820. The van der Waals surface area contributed by atoms with Crippen LogP contribution in [-0.4, -0.2) is 6.29 Å². The Balaban J connectivity index is 2.32. The van der Waals surface area contributed by atoms with E-state index in [1.807, 2.05) is 12.1 Å². The van der Waals surface area contributed by atoms with Crippen LogP contribution in [0.1, 0.15) is 46.1 Å². The van der Waals surface area contributed by atoms with Crippen LogP contribution in [0.3, 0.4) is 0 Å². The van der Waals surface area contributed by atoms with E-state index in [0.717, 1.165) is 24.3 Å². The second-order valence-electron chi connectivity index (χ2n) is 7.07. The number of carbonyl (C=O) groups excluding carboxylic acids is 1. The van der Waals surface area contributed by atoms with Crippen molar-refractivity contribution >= 4 is 17.9 Å². The number of halogens is 1. The summed E-state index contributed by atoms with van der Waals surface area (Å²) in [6.45, 7) is 8.82. The molecule has 1 aliphatic rings. The number of benzene rings is 1. The fourth-order valence-electron chi connectivity index (χ4n) is 3.55. The van der Waals surface area contributed by atoms with Crippen LogP contribution in [0.25, 0.3) is 0 Å². The van der Waals surface area contributed by atoms with Crippen LogP contribution in [0.15, 0.2) is 24.3 Å². The van der Waals surface area contributed by atoms with E-state index in [2.05, 4.69) is 39.8 Å². The van der Waals surface area contributed by atoms with E-state index < -0.39 is 0 Å². The average molecular weight is 279 g/mol. The fraction of sp³-hybridized carbons (Fsp3) is 0.588. The molecule has 19 heavy (non-hydrogen) atoms. The third-order valence-electron chi connectivity index (χ3n) is 5.70. The van der Waals surface area contributed by atoms with Crippen molar-refractivity contribution in [1.29, 1.82) is 0 Å². The van der Waals surface area contributed by atoms with Crippen molar-refractivity contribution in [3.8, 4) is 0 Å². The first-order valence-corrected chi connectivity index (χ1v) is 7.33. The van der Waals surface area contributed by atoms with E-state index in [4.69, 9.17) is 11.6 Å². The zero-order chi connectivity index (χ0) is 14.3. The predicted octanol–water partition coefficient (Wildman–Crippen LogP) is 4.91.